The van der Waals surface area contributed by atoms with Gasteiger partial charge in [0.05, 0.1) is 6.26 Å². The van der Waals surface area contributed by atoms with Crippen molar-refractivity contribution in [1.29, 1.82) is 0 Å². The van der Waals surface area contributed by atoms with E-state index in [4.69, 9.17) is 9.15 Å². The third-order valence-corrected chi connectivity index (χ3v) is 3.28. The van der Waals surface area contributed by atoms with Gasteiger partial charge in [0.15, 0.2) is 0 Å². The molecule has 2 rings (SSSR count). The molecule has 2 aromatic rings. The molecule has 1 N–H and O–H groups in total. The van der Waals surface area contributed by atoms with Gasteiger partial charge in [-0.05, 0) is 42.6 Å². The van der Waals surface area contributed by atoms with Gasteiger partial charge in [0.2, 0.25) is 0 Å². The summed E-state index contributed by atoms with van der Waals surface area (Å²) in [5.41, 5.74) is 2.82. The van der Waals surface area contributed by atoms with Gasteiger partial charge in [0, 0.05) is 13.2 Å². The predicted octanol–water partition coefficient (Wildman–Crippen LogP) is 3.54. The molecule has 3 heteroatoms. The SMILES string of the molecule is CCc1ccccc1CNCCCOCc1ccco1. The zero-order chi connectivity index (χ0) is 14.0. The predicted molar refractivity (Wildman–Crippen MR) is 80.5 cm³/mol. The van der Waals surface area contributed by atoms with Crippen LogP contribution < -0.4 is 5.32 Å². The maximum atomic E-state index is 5.54. The van der Waals surface area contributed by atoms with Crippen molar-refractivity contribution in [3.8, 4) is 0 Å². The van der Waals surface area contributed by atoms with E-state index < -0.39 is 0 Å². The number of nitrogens with one attached hydrogen (secondary N) is 1. The van der Waals surface area contributed by atoms with Crippen LogP contribution in [0.5, 0.6) is 0 Å². The molecule has 1 aromatic heterocycles. The Kier molecular flexibility index (Phi) is 6.35. The van der Waals surface area contributed by atoms with Gasteiger partial charge in [-0.25, -0.2) is 0 Å². The molecule has 0 saturated heterocycles. The Morgan fingerprint density at radius 2 is 1.95 bits per heavy atom. The monoisotopic (exact) mass is 273 g/mol. The third kappa shape index (κ3) is 4.83. The van der Waals surface area contributed by atoms with Gasteiger partial charge in [-0.1, -0.05) is 31.2 Å². The van der Waals surface area contributed by atoms with Gasteiger partial charge in [-0.3, -0.25) is 0 Å². The highest BCUT2D eigenvalue weighted by Gasteiger charge is 1.99. The van der Waals surface area contributed by atoms with Crippen LogP contribution in [-0.2, 0) is 24.3 Å². The second kappa shape index (κ2) is 8.56. The molecule has 1 heterocycles. The van der Waals surface area contributed by atoms with E-state index in [1.54, 1.807) is 6.26 Å². The van der Waals surface area contributed by atoms with Crippen molar-refractivity contribution in [1.82, 2.24) is 5.32 Å². The molecule has 0 spiro atoms. The van der Waals surface area contributed by atoms with Gasteiger partial charge >= 0.3 is 0 Å². The molecule has 0 fully saturated rings. The van der Waals surface area contributed by atoms with Crippen molar-refractivity contribution >= 4 is 0 Å². The highest BCUT2D eigenvalue weighted by atomic mass is 16.5. The average Bonchev–Trinajstić information content (AvgIpc) is 3.00. The van der Waals surface area contributed by atoms with E-state index in [9.17, 15) is 0 Å². The smallest absolute Gasteiger partial charge is 0.129 e. The maximum Gasteiger partial charge on any atom is 0.129 e. The zero-order valence-corrected chi connectivity index (χ0v) is 12.1. The van der Waals surface area contributed by atoms with Crippen LogP contribution in [0.1, 0.15) is 30.2 Å². The summed E-state index contributed by atoms with van der Waals surface area (Å²) < 4.78 is 10.7. The number of hydrogen-bond acceptors (Lipinski definition) is 3. The molecule has 0 amide bonds. The molecule has 108 valence electrons. The van der Waals surface area contributed by atoms with E-state index in [0.717, 1.165) is 38.3 Å². The zero-order valence-electron chi connectivity index (χ0n) is 12.1. The van der Waals surface area contributed by atoms with Gasteiger partial charge < -0.3 is 14.5 Å². The first kappa shape index (κ1) is 14.8. The summed E-state index contributed by atoms with van der Waals surface area (Å²) in [6.45, 7) is 5.41. The highest BCUT2D eigenvalue weighted by molar-refractivity contribution is 5.26. The summed E-state index contributed by atoms with van der Waals surface area (Å²) in [7, 11) is 0. The summed E-state index contributed by atoms with van der Waals surface area (Å²) in [6.07, 6.45) is 3.77. The molecule has 0 bridgehead atoms. The second-order valence-electron chi connectivity index (χ2n) is 4.78. The molecule has 0 saturated carbocycles. The minimum Gasteiger partial charge on any atom is -0.467 e. The van der Waals surface area contributed by atoms with Gasteiger partial charge in [-0.15, -0.1) is 0 Å². The molecule has 20 heavy (non-hydrogen) atoms. The number of ether oxygens (including phenoxy) is 1. The minimum atomic E-state index is 0.561. The lowest BCUT2D eigenvalue weighted by molar-refractivity contribution is 0.104. The van der Waals surface area contributed by atoms with Crippen LogP contribution in [-0.4, -0.2) is 13.2 Å². The molecule has 0 aliphatic rings. The molecular formula is C17H23NO2. The second-order valence-corrected chi connectivity index (χ2v) is 4.78. The van der Waals surface area contributed by atoms with E-state index in [1.807, 2.05) is 12.1 Å². The normalized spacial score (nSPS) is 10.8. The van der Waals surface area contributed by atoms with Crippen molar-refractivity contribution in [3.63, 3.8) is 0 Å². The lowest BCUT2D eigenvalue weighted by Gasteiger charge is -2.09. The Hall–Kier alpha value is -1.58. The standard InChI is InChI=1S/C17H23NO2/c1-2-15-7-3-4-8-16(15)13-18-10-6-11-19-14-17-9-5-12-20-17/h3-5,7-9,12,18H,2,6,10-11,13-14H2,1H3. The van der Waals surface area contributed by atoms with Crippen LogP contribution in [0.15, 0.2) is 47.1 Å². The first-order valence-corrected chi connectivity index (χ1v) is 7.27. The van der Waals surface area contributed by atoms with Gasteiger partial charge in [-0.2, -0.15) is 0 Å². The quantitative estimate of drug-likeness (QED) is 0.710. The number of benzene rings is 1. The molecule has 0 atom stereocenters. The molecule has 0 aliphatic heterocycles. The fourth-order valence-corrected chi connectivity index (χ4v) is 2.16. The molecule has 3 nitrogen and oxygen atoms in total. The van der Waals surface area contributed by atoms with Crippen molar-refractivity contribution < 1.29 is 9.15 Å². The van der Waals surface area contributed by atoms with Crippen molar-refractivity contribution in [2.24, 2.45) is 0 Å². The van der Waals surface area contributed by atoms with E-state index in [0.29, 0.717) is 6.61 Å². The lowest BCUT2D eigenvalue weighted by Crippen LogP contribution is -2.17. The number of aryl methyl sites for hydroxylation is 1. The van der Waals surface area contributed by atoms with Crippen LogP contribution in [0.4, 0.5) is 0 Å². The topological polar surface area (TPSA) is 34.4 Å². The summed E-state index contributed by atoms with van der Waals surface area (Å²) in [5, 5.41) is 3.47. The maximum absolute atomic E-state index is 5.54. The Bertz CT molecular complexity index is 479. The summed E-state index contributed by atoms with van der Waals surface area (Å²) >= 11 is 0. The Balaban J connectivity index is 1.55. The van der Waals surface area contributed by atoms with E-state index >= 15 is 0 Å². The van der Waals surface area contributed by atoms with E-state index in [1.165, 1.54) is 11.1 Å². The molecular weight excluding hydrogens is 250 g/mol. The first-order chi connectivity index (χ1) is 9.90. The van der Waals surface area contributed by atoms with Crippen molar-refractivity contribution in [3.05, 3.63) is 59.5 Å². The van der Waals surface area contributed by atoms with Crippen LogP contribution in [0.2, 0.25) is 0 Å². The average molecular weight is 273 g/mol. The van der Waals surface area contributed by atoms with Gasteiger partial charge in [0.1, 0.15) is 12.4 Å². The molecule has 0 aliphatic carbocycles. The van der Waals surface area contributed by atoms with Gasteiger partial charge in [0.25, 0.3) is 0 Å². The van der Waals surface area contributed by atoms with E-state index in [-0.39, 0.29) is 0 Å². The fourth-order valence-electron chi connectivity index (χ4n) is 2.16. The number of rotatable bonds is 9. The number of furan rings is 1. The van der Waals surface area contributed by atoms with Crippen LogP contribution >= 0.6 is 0 Å². The molecule has 0 unspecified atom stereocenters. The number of hydrogen-bond donors (Lipinski definition) is 1. The highest BCUT2D eigenvalue weighted by Crippen LogP contribution is 2.08. The van der Waals surface area contributed by atoms with Crippen molar-refractivity contribution in [2.45, 2.75) is 32.9 Å². The Morgan fingerprint density at radius 3 is 2.70 bits per heavy atom. The lowest BCUT2D eigenvalue weighted by atomic mass is 10.1. The summed E-state index contributed by atoms with van der Waals surface area (Å²) in [4.78, 5) is 0. The fraction of sp³-hybridized carbons (Fsp3) is 0.412. The molecule has 0 radical (unpaired) electrons. The first-order valence-electron chi connectivity index (χ1n) is 7.27. The third-order valence-electron chi connectivity index (χ3n) is 3.28. The minimum absolute atomic E-state index is 0.561. The van der Waals surface area contributed by atoms with Crippen LogP contribution in [0.3, 0.4) is 0 Å². The summed E-state index contributed by atoms with van der Waals surface area (Å²) in [5.74, 6) is 0.884. The largest absolute Gasteiger partial charge is 0.467 e. The van der Waals surface area contributed by atoms with E-state index in [2.05, 4.69) is 36.5 Å². The van der Waals surface area contributed by atoms with Crippen LogP contribution in [0.25, 0.3) is 0 Å². The Morgan fingerprint density at radius 1 is 1.10 bits per heavy atom. The Labute approximate surface area is 121 Å². The van der Waals surface area contributed by atoms with Crippen LogP contribution in [0, 0.1) is 0 Å². The molecule has 1 aromatic carbocycles. The van der Waals surface area contributed by atoms with Crippen molar-refractivity contribution in [2.75, 3.05) is 13.2 Å². The summed E-state index contributed by atoms with van der Waals surface area (Å²) in [6, 6.07) is 12.4.